The Kier molecular flexibility index (Phi) is 3.46. The van der Waals surface area contributed by atoms with Gasteiger partial charge < -0.3 is 4.74 Å². The van der Waals surface area contributed by atoms with Crippen LogP contribution in [0.4, 0.5) is 5.69 Å². The van der Waals surface area contributed by atoms with Crippen molar-refractivity contribution < 1.29 is 4.74 Å². The maximum atomic E-state index is 5.34. The monoisotopic (exact) mass is 243 g/mol. The van der Waals surface area contributed by atoms with Gasteiger partial charge in [-0.25, -0.2) is 4.99 Å². The molecule has 2 rings (SSSR count). The van der Waals surface area contributed by atoms with Crippen molar-refractivity contribution in [2.75, 3.05) is 7.11 Å². The Labute approximate surface area is 107 Å². The van der Waals surface area contributed by atoms with E-state index in [4.69, 9.17) is 4.74 Å². The van der Waals surface area contributed by atoms with Crippen molar-refractivity contribution in [3.05, 3.63) is 41.7 Å². The highest BCUT2D eigenvalue weighted by Crippen LogP contribution is 2.28. The van der Waals surface area contributed by atoms with E-state index in [2.05, 4.69) is 10.1 Å². The van der Waals surface area contributed by atoms with Crippen molar-refractivity contribution in [1.82, 2.24) is 9.78 Å². The molecule has 94 valence electrons. The second-order valence-corrected chi connectivity index (χ2v) is 4.28. The fourth-order valence-electron chi connectivity index (χ4n) is 1.73. The van der Waals surface area contributed by atoms with Crippen LogP contribution in [-0.4, -0.2) is 22.6 Å². The van der Waals surface area contributed by atoms with Crippen LogP contribution in [0.3, 0.4) is 0 Å². The molecule has 1 aromatic carbocycles. The van der Waals surface area contributed by atoms with E-state index in [1.165, 1.54) is 0 Å². The molecule has 18 heavy (non-hydrogen) atoms. The lowest BCUT2D eigenvalue weighted by Gasteiger charge is -2.06. The highest BCUT2D eigenvalue weighted by molar-refractivity contribution is 6.00. The van der Waals surface area contributed by atoms with Crippen LogP contribution in [0.1, 0.15) is 18.1 Å². The molecule has 0 radical (unpaired) electrons. The van der Waals surface area contributed by atoms with E-state index >= 15 is 0 Å². The topological polar surface area (TPSA) is 39.4 Å². The standard InChI is InChI=1S/C14H17N3O/c1-10-5-6-13(14(7-10)18-4)16-11(2)12-8-15-17(3)9-12/h5-9H,1-4H3. The zero-order valence-electron chi connectivity index (χ0n) is 11.1. The number of benzene rings is 1. The molecular formula is C14H17N3O. The van der Waals surface area contributed by atoms with Gasteiger partial charge in [0, 0.05) is 24.5 Å². The molecule has 1 aromatic heterocycles. The first-order chi connectivity index (χ1) is 8.60. The minimum absolute atomic E-state index is 0.790. The summed E-state index contributed by atoms with van der Waals surface area (Å²) in [6, 6.07) is 5.97. The molecule has 0 aliphatic heterocycles. The van der Waals surface area contributed by atoms with Crippen molar-refractivity contribution in [3.63, 3.8) is 0 Å². The Morgan fingerprint density at radius 2 is 2.17 bits per heavy atom. The fraction of sp³-hybridized carbons (Fsp3) is 0.286. The molecule has 0 saturated heterocycles. The smallest absolute Gasteiger partial charge is 0.144 e. The lowest BCUT2D eigenvalue weighted by atomic mass is 10.2. The van der Waals surface area contributed by atoms with Gasteiger partial charge in [-0.1, -0.05) is 6.07 Å². The number of aryl methyl sites for hydroxylation is 2. The van der Waals surface area contributed by atoms with E-state index in [9.17, 15) is 0 Å². The molecule has 4 heteroatoms. The van der Waals surface area contributed by atoms with Crippen LogP contribution in [0.25, 0.3) is 0 Å². The third-order valence-electron chi connectivity index (χ3n) is 2.75. The first-order valence-corrected chi connectivity index (χ1v) is 5.79. The summed E-state index contributed by atoms with van der Waals surface area (Å²) in [7, 11) is 3.55. The summed E-state index contributed by atoms with van der Waals surface area (Å²) in [5.41, 5.74) is 3.93. The average Bonchev–Trinajstić information content (AvgIpc) is 2.78. The molecule has 2 aromatic rings. The van der Waals surface area contributed by atoms with E-state index in [1.54, 1.807) is 18.0 Å². The van der Waals surface area contributed by atoms with E-state index in [0.717, 1.165) is 28.3 Å². The molecule has 0 bridgehead atoms. The zero-order chi connectivity index (χ0) is 13.1. The van der Waals surface area contributed by atoms with Crippen molar-refractivity contribution in [1.29, 1.82) is 0 Å². The predicted molar refractivity (Wildman–Crippen MR) is 72.8 cm³/mol. The number of hydrogen-bond acceptors (Lipinski definition) is 3. The Morgan fingerprint density at radius 1 is 1.39 bits per heavy atom. The summed E-state index contributed by atoms with van der Waals surface area (Å²) in [4.78, 5) is 4.59. The molecule has 0 saturated carbocycles. The summed E-state index contributed by atoms with van der Waals surface area (Å²) in [6.07, 6.45) is 3.75. The van der Waals surface area contributed by atoms with Crippen molar-refractivity contribution in [2.24, 2.45) is 12.0 Å². The van der Waals surface area contributed by atoms with Gasteiger partial charge in [0.15, 0.2) is 0 Å². The number of aromatic nitrogens is 2. The van der Waals surface area contributed by atoms with Gasteiger partial charge in [-0.15, -0.1) is 0 Å². The summed E-state index contributed by atoms with van der Waals surface area (Å²) < 4.78 is 7.10. The molecule has 0 unspecified atom stereocenters. The Morgan fingerprint density at radius 3 is 2.78 bits per heavy atom. The highest BCUT2D eigenvalue weighted by atomic mass is 16.5. The minimum Gasteiger partial charge on any atom is -0.494 e. The Bertz CT molecular complexity index is 584. The SMILES string of the molecule is COc1cc(C)ccc1N=C(C)c1cnn(C)c1. The molecule has 1 heterocycles. The quantitative estimate of drug-likeness (QED) is 0.777. The molecular weight excluding hydrogens is 226 g/mol. The van der Waals surface area contributed by atoms with Gasteiger partial charge in [0.05, 0.1) is 13.3 Å². The third-order valence-corrected chi connectivity index (χ3v) is 2.75. The maximum absolute atomic E-state index is 5.34. The van der Waals surface area contributed by atoms with Crippen LogP contribution in [0.5, 0.6) is 5.75 Å². The predicted octanol–water partition coefficient (Wildman–Crippen LogP) is 2.88. The summed E-state index contributed by atoms with van der Waals surface area (Å²) >= 11 is 0. The van der Waals surface area contributed by atoms with E-state index in [1.807, 2.05) is 45.3 Å². The maximum Gasteiger partial charge on any atom is 0.144 e. The van der Waals surface area contributed by atoms with Crippen LogP contribution in [0.2, 0.25) is 0 Å². The van der Waals surface area contributed by atoms with Gasteiger partial charge in [0.25, 0.3) is 0 Å². The van der Waals surface area contributed by atoms with E-state index in [-0.39, 0.29) is 0 Å². The molecule has 0 atom stereocenters. The molecule has 0 amide bonds. The van der Waals surface area contributed by atoms with Crippen LogP contribution in [-0.2, 0) is 7.05 Å². The summed E-state index contributed by atoms with van der Waals surface area (Å²) in [6.45, 7) is 4.00. The van der Waals surface area contributed by atoms with Gasteiger partial charge in [-0.2, -0.15) is 5.10 Å². The average molecular weight is 243 g/mol. The third kappa shape index (κ3) is 2.59. The number of hydrogen-bond donors (Lipinski definition) is 0. The van der Waals surface area contributed by atoms with Crippen LogP contribution in [0.15, 0.2) is 35.6 Å². The minimum atomic E-state index is 0.790. The Hall–Kier alpha value is -2.10. The molecule has 0 N–H and O–H groups in total. The first kappa shape index (κ1) is 12.4. The van der Waals surface area contributed by atoms with Crippen LogP contribution in [0, 0.1) is 6.92 Å². The highest BCUT2D eigenvalue weighted by Gasteiger charge is 2.04. The number of aliphatic imine (C=N–C) groups is 1. The largest absolute Gasteiger partial charge is 0.494 e. The number of methoxy groups -OCH3 is 1. The van der Waals surface area contributed by atoms with Crippen molar-refractivity contribution >= 4 is 11.4 Å². The van der Waals surface area contributed by atoms with Crippen molar-refractivity contribution in [2.45, 2.75) is 13.8 Å². The number of nitrogens with zero attached hydrogens (tertiary/aromatic N) is 3. The first-order valence-electron chi connectivity index (χ1n) is 5.79. The Balaban J connectivity index is 2.38. The van der Waals surface area contributed by atoms with Gasteiger partial charge in [-0.3, -0.25) is 4.68 Å². The number of ether oxygens (including phenoxy) is 1. The van der Waals surface area contributed by atoms with Crippen molar-refractivity contribution in [3.8, 4) is 5.75 Å². The van der Waals surface area contributed by atoms with Crippen LogP contribution >= 0.6 is 0 Å². The number of rotatable bonds is 3. The second-order valence-electron chi connectivity index (χ2n) is 4.28. The van der Waals surface area contributed by atoms with Crippen LogP contribution < -0.4 is 4.74 Å². The molecule has 4 nitrogen and oxygen atoms in total. The van der Waals surface area contributed by atoms with Gasteiger partial charge in [-0.05, 0) is 31.5 Å². The van der Waals surface area contributed by atoms with Gasteiger partial charge >= 0.3 is 0 Å². The normalized spacial score (nSPS) is 11.7. The molecule has 0 spiro atoms. The van der Waals surface area contributed by atoms with Gasteiger partial charge in [0.2, 0.25) is 0 Å². The molecule has 0 aliphatic carbocycles. The van der Waals surface area contributed by atoms with Gasteiger partial charge in [0.1, 0.15) is 11.4 Å². The van der Waals surface area contributed by atoms with E-state index in [0.29, 0.717) is 0 Å². The molecule has 0 aliphatic rings. The lowest BCUT2D eigenvalue weighted by Crippen LogP contribution is -1.93. The summed E-state index contributed by atoms with van der Waals surface area (Å²) in [5.74, 6) is 0.790. The fourth-order valence-corrected chi connectivity index (χ4v) is 1.73. The lowest BCUT2D eigenvalue weighted by molar-refractivity contribution is 0.416. The zero-order valence-corrected chi connectivity index (χ0v) is 11.1. The second kappa shape index (κ2) is 5.04. The van der Waals surface area contributed by atoms with E-state index < -0.39 is 0 Å². The molecule has 0 fully saturated rings. The summed E-state index contributed by atoms with van der Waals surface area (Å²) in [5, 5.41) is 4.14.